The lowest BCUT2D eigenvalue weighted by molar-refractivity contribution is -0.275. The van der Waals surface area contributed by atoms with Crippen LogP contribution < -0.4 is 9.64 Å². The van der Waals surface area contributed by atoms with Gasteiger partial charge in [0.2, 0.25) is 0 Å². The lowest BCUT2D eigenvalue weighted by atomic mass is 10.2. The van der Waals surface area contributed by atoms with E-state index in [1.165, 1.54) is 12.1 Å². The van der Waals surface area contributed by atoms with Crippen molar-refractivity contribution < 1.29 is 32.2 Å². The van der Waals surface area contributed by atoms with Gasteiger partial charge in [0.1, 0.15) is 0 Å². The molecule has 0 aromatic heterocycles. The van der Waals surface area contributed by atoms with Gasteiger partial charge in [0, 0.05) is 6.07 Å². The number of nitrogens with zero attached hydrogens (tertiary/aromatic N) is 1. The predicted octanol–water partition coefficient (Wildman–Crippen LogP) is 4.54. The molecule has 0 radical (unpaired) electrons. The van der Waals surface area contributed by atoms with E-state index in [4.69, 9.17) is 0 Å². The standard InChI is InChI=1S/C14H9F4NO3/c15-11-7-6-10(8-12(11)22-14(16,17)18)19(13(20)21)9-4-2-1-3-5-9/h1-8H,(H,20,21). The number of alkyl halides is 3. The second-order valence-electron chi connectivity index (χ2n) is 4.12. The molecule has 0 aliphatic heterocycles. The van der Waals surface area contributed by atoms with Gasteiger partial charge in [0.15, 0.2) is 11.6 Å². The first-order valence-corrected chi connectivity index (χ1v) is 5.91. The summed E-state index contributed by atoms with van der Waals surface area (Å²) in [4.78, 5) is 12.1. The molecule has 1 N–H and O–H groups in total. The smallest absolute Gasteiger partial charge is 0.464 e. The van der Waals surface area contributed by atoms with Crippen molar-refractivity contribution in [3.8, 4) is 5.75 Å². The van der Waals surface area contributed by atoms with E-state index in [2.05, 4.69) is 4.74 Å². The Morgan fingerprint density at radius 1 is 1.05 bits per heavy atom. The highest BCUT2D eigenvalue weighted by molar-refractivity contribution is 5.94. The highest BCUT2D eigenvalue weighted by atomic mass is 19.4. The number of rotatable bonds is 3. The minimum absolute atomic E-state index is 0.181. The Balaban J connectivity index is 2.45. The molecule has 0 spiro atoms. The molecule has 0 heterocycles. The summed E-state index contributed by atoms with van der Waals surface area (Å²) in [5.74, 6) is -2.35. The van der Waals surface area contributed by atoms with Crippen LogP contribution in [0.4, 0.5) is 33.7 Å². The van der Waals surface area contributed by atoms with Crippen molar-refractivity contribution in [2.75, 3.05) is 4.90 Å². The predicted molar refractivity (Wildman–Crippen MR) is 69.7 cm³/mol. The number of ether oxygens (including phenoxy) is 1. The Bertz CT molecular complexity index is 674. The van der Waals surface area contributed by atoms with Crippen LogP contribution in [0.15, 0.2) is 48.5 Å². The second-order valence-corrected chi connectivity index (χ2v) is 4.12. The van der Waals surface area contributed by atoms with E-state index >= 15 is 0 Å². The molecule has 0 saturated heterocycles. The number of hydrogen-bond acceptors (Lipinski definition) is 2. The van der Waals surface area contributed by atoms with Crippen molar-refractivity contribution in [3.63, 3.8) is 0 Å². The zero-order valence-electron chi connectivity index (χ0n) is 10.8. The largest absolute Gasteiger partial charge is 0.573 e. The molecule has 116 valence electrons. The summed E-state index contributed by atoms with van der Waals surface area (Å²) >= 11 is 0. The Morgan fingerprint density at radius 3 is 2.23 bits per heavy atom. The molecular formula is C14H9F4NO3. The molecule has 2 aromatic rings. The lowest BCUT2D eigenvalue weighted by Gasteiger charge is -2.20. The number of hydrogen-bond donors (Lipinski definition) is 1. The van der Waals surface area contributed by atoms with Crippen molar-refractivity contribution in [1.82, 2.24) is 0 Å². The van der Waals surface area contributed by atoms with Gasteiger partial charge in [-0.05, 0) is 24.3 Å². The number of carbonyl (C=O) groups is 1. The molecule has 22 heavy (non-hydrogen) atoms. The fourth-order valence-electron chi connectivity index (χ4n) is 1.78. The van der Waals surface area contributed by atoms with E-state index in [0.29, 0.717) is 17.0 Å². The summed E-state index contributed by atoms with van der Waals surface area (Å²) in [5.41, 5.74) is 0.0129. The van der Waals surface area contributed by atoms with Crippen LogP contribution in [0.2, 0.25) is 0 Å². The molecule has 2 aromatic carbocycles. The van der Waals surface area contributed by atoms with Crippen LogP contribution in [0, 0.1) is 5.82 Å². The Kier molecular flexibility index (Phi) is 4.20. The van der Waals surface area contributed by atoms with E-state index in [1.54, 1.807) is 18.2 Å². The van der Waals surface area contributed by atoms with Crippen LogP contribution in [0.3, 0.4) is 0 Å². The van der Waals surface area contributed by atoms with E-state index < -0.39 is 24.0 Å². The maximum atomic E-state index is 13.4. The Hall–Kier alpha value is -2.77. The van der Waals surface area contributed by atoms with Gasteiger partial charge in [-0.15, -0.1) is 13.2 Å². The maximum Gasteiger partial charge on any atom is 0.573 e. The molecule has 0 unspecified atom stereocenters. The fourth-order valence-corrected chi connectivity index (χ4v) is 1.78. The van der Waals surface area contributed by atoms with Crippen molar-refractivity contribution in [2.45, 2.75) is 6.36 Å². The van der Waals surface area contributed by atoms with Gasteiger partial charge in [-0.2, -0.15) is 0 Å². The topological polar surface area (TPSA) is 49.8 Å². The normalized spacial score (nSPS) is 11.1. The third-order valence-electron chi connectivity index (χ3n) is 2.60. The monoisotopic (exact) mass is 315 g/mol. The van der Waals surface area contributed by atoms with Crippen LogP contribution in [-0.2, 0) is 0 Å². The fraction of sp³-hybridized carbons (Fsp3) is 0.0714. The van der Waals surface area contributed by atoms with Crippen LogP contribution in [0.25, 0.3) is 0 Å². The summed E-state index contributed by atoms with van der Waals surface area (Å²) in [7, 11) is 0. The van der Waals surface area contributed by atoms with Gasteiger partial charge in [-0.1, -0.05) is 18.2 Å². The van der Waals surface area contributed by atoms with Crippen LogP contribution >= 0.6 is 0 Å². The van der Waals surface area contributed by atoms with E-state index in [-0.39, 0.29) is 11.4 Å². The number of benzene rings is 2. The second kappa shape index (κ2) is 5.92. The number of para-hydroxylation sites is 1. The van der Waals surface area contributed by atoms with E-state index in [1.807, 2.05) is 0 Å². The third-order valence-corrected chi connectivity index (χ3v) is 2.60. The molecule has 4 nitrogen and oxygen atoms in total. The minimum atomic E-state index is -5.08. The zero-order chi connectivity index (χ0) is 16.3. The zero-order valence-corrected chi connectivity index (χ0v) is 10.8. The average molecular weight is 315 g/mol. The number of halogens is 4. The van der Waals surface area contributed by atoms with Crippen molar-refractivity contribution in [2.24, 2.45) is 0 Å². The quantitative estimate of drug-likeness (QED) is 0.846. The molecule has 0 atom stereocenters. The summed E-state index contributed by atoms with van der Waals surface area (Å²) < 4.78 is 53.6. The summed E-state index contributed by atoms with van der Waals surface area (Å²) in [6.45, 7) is 0. The van der Waals surface area contributed by atoms with Crippen LogP contribution in [-0.4, -0.2) is 17.6 Å². The summed E-state index contributed by atoms with van der Waals surface area (Å²) in [5, 5.41) is 9.24. The highest BCUT2D eigenvalue weighted by Crippen LogP contribution is 2.32. The van der Waals surface area contributed by atoms with Crippen LogP contribution in [0.1, 0.15) is 0 Å². The van der Waals surface area contributed by atoms with Crippen molar-refractivity contribution in [3.05, 3.63) is 54.3 Å². The number of carboxylic acid groups (broad SMARTS) is 1. The first-order chi connectivity index (χ1) is 10.3. The number of anilines is 2. The molecule has 2 rings (SSSR count). The molecule has 0 fully saturated rings. The summed E-state index contributed by atoms with van der Waals surface area (Å²) in [6, 6.07) is 10.1. The van der Waals surface area contributed by atoms with Gasteiger partial charge in [-0.3, -0.25) is 0 Å². The van der Waals surface area contributed by atoms with Gasteiger partial charge in [0.25, 0.3) is 0 Å². The van der Waals surface area contributed by atoms with Gasteiger partial charge < -0.3 is 9.84 Å². The Labute approximate surface area is 122 Å². The van der Waals surface area contributed by atoms with Gasteiger partial charge in [0.05, 0.1) is 11.4 Å². The molecule has 0 bridgehead atoms. The first kappa shape index (κ1) is 15.6. The molecular weight excluding hydrogens is 306 g/mol. The Morgan fingerprint density at radius 2 is 1.68 bits per heavy atom. The average Bonchev–Trinajstić information content (AvgIpc) is 2.42. The van der Waals surface area contributed by atoms with E-state index in [9.17, 15) is 27.5 Å². The van der Waals surface area contributed by atoms with E-state index in [0.717, 1.165) is 6.07 Å². The minimum Gasteiger partial charge on any atom is -0.464 e. The van der Waals surface area contributed by atoms with Gasteiger partial charge >= 0.3 is 12.5 Å². The molecule has 1 amide bonds. The molecule has 8 heteroatoms. The molecule has 0 aliphatic rings. The highest BCUT2D eigenvalue weighted by Gasteiger charge is 2.33. The van der Waals surface area contributed by atoms with Gasteiger partial charge in [-0.25, -0.2) is 14.1 Å². The SMILES string of the molecule is O=C(O)N(c1ccccc1)c1ccc(F)c(OC(F)(F)F)c1. The van der Waals surface area contributed by atoms with Crippen molar-refractivity contribution in [1.29, 1.82) is 0 Å². The van der Waals surface area contributed by atoms with Crippen molar-refractivity contribution >= 4 is 17.5 Å². The molecule has 0 aliphatic carbocycles. The number of amides is 1. The first-order valence-electron chi connectivity index (χ1n) is 5.91. The summed E-state index contributed by atoms with van der Waals surface area (Å²) in [6.07, 6.45) is -6.52. The third kappa shape index (κ3) is 3.66. The van der Waals surface area contributed by atoms with Crippen LogP contribution in [0.5, 0.6) is 5.75 Å². The lowest BCUT2D eigenvalue weighted by Crippen LogP contribution is -2.24. The maximum absolute atomic E-state index is 13.4. The molecule has 0 saturated carbocycles.